The molecule has 0 heterocycles. The van der Waals surface area contributed by atoms with Crippen molar-refractivity contribution in [2.45, 2.75) is 32.8 Å². The fourth-order valence-corrected chi connectivity index (χ4v) is 0.894. The number of hydrogen-bond donors (Lipinski definition) is 1. The molecule has 0 atom stereocenters. The number of nitrogens with one attached hydrogen (secondary N) is 1. The number of carbonyl (C=O) groups is 1. The first-order valence-corrected chi connectivity index (χ1v) is 4.93. The van der Waals surface area contributed by atoms with Gasteiger partial charge in [0.05, 0.1) is 18.8 Å². The summed E-state index contributed by atoms with van der Waals surface area (Å²) in [7, 11) is 1.69. The van der Waals surface area contributed by atoms with Gasteiger partial charge in [0.15, 0.2) is 0 Å². The molecular weight excluding hydrogens is 182 g/mol. The molecule has 0 aromatic carbocycles. The van der Waals surface area contributed by atoms with E-state index in [2.05, 4.69) is 5.32 Å². The Morgan fingerprint density at radius 3 is 2.57 bits per heavy atom. The number of esters is 1. The average Bonchev–Trinajstić information content (AvgIpc) is 2.13. The van der Waals surface area contributed by atoms with Crippen LogP contribution in [-0.4, -0.2) is 38.4 Å². The molecule has 0 amide bonds. The third kappa shape index (κ3) is 6.86. The van der Waals surface area contributed by atoms with Crippen LogP contribution >= 0.6 is 0 Å². The predicted octanol–water partition coefficient (Wildman–Crippen LogP) is 0.954. The summed E-state index contributed by atoms with van der Waals surface area (Å²) in [6, 6.07) is 0. The Balaban J connectivity index is 3.42. The number of carbonyl (C=O) groups excluding carboxylic acids is 1. The third-order valence-electron chi connectivity index (χ3n) is 2.03. The minimum atomic E-state index is -0.206. The topological polar surface area (TPSA) is 47.6 Å². The molecule has 0 aromatic heterocycles. The molecular formula is C10H21NO3. The van der Waals surface area contributed by atoms with E-state index >= 15 is 0 Å². The van der Waals surface area contributed by atoms with Crippen LogP contribution in [0.25, 0.3) is 0 Å². The summed E-state index contributed by atoms with van der Waals surface area (Å²) in [5.41, 5.74) is -0.137. The van der Waals surface area contributed by atoms with Crippen LogP contribution in [0.3, 0.4) is 0 Å². The lowest BCUT2D eigenvalue weighted by Crippen LogP contribution is -2.32. The maximum absolute atomic E-state index is 10.9. The van der Waals surface area contributed by atoms with Gasteiger partial charge in [-0.25, -0.2) is 0 Å². The fraction of sp³-hybridized carbons (Fsp3) is 0.900. The quantitative estimate of drug-likeness (QED) is 0.494. The van der Waals surface area contributed by atoms with Crippen LogP contribution < -0.4 is 5.32 Å². The average molecular weight is 203 g/mol. The zero-order valence-electron chi connectivity index (χ0n) is 9.55. The van der Waals surface area contributed by atoms with E-state index in [0.717, 1.165) is 13.0 Å². The molecule has 1 N–H and O–H groups in total. The van der Waals surface area contributed by atoms with Crippen molar-refractivity contribution in [1.82, 2.24) is 5.32 Å². The van der Waals surface area contributed by atoms with E-state index in [1.165, 1.54) is 0 Å². The Morgan fingerprint density at radius 2 is 2.07 bits per heavy atom. The first-order chi connectivity index (χ1) is 6.52. The van der Waals surface area contributed by atoms with Gasteiger partial charge >= 0.3 is 5.97 Å². The van der Waals surface area contributed by atoms with E-state index in [0.29, 0.717) is 6.61 Å². The van der Waals surface area contributed by atoms with Crippen LogP contribution in [0.4, 0.5) is 0 Å². The first-order valence-electron chi connectivity index (χ1n) is 4.93. The summed E-state index contributed by atoms with van der Waals surface area (Å²) in [5, 5.41) is 3.01. The molecule has 4 heteroatoms. The smallest absolute Gasteiger partial charge is 0.319 e. The number of methoxy groups -OCH3 is 1. The number of ether oxygens (including phenoxy) is 2. The maximum atomic E-state index is 10.9. The van der Waals surface area contributed by atoms with Crippen molar-refractivity contribution in [2.75, 3.05) is 26.8 Å². The van der Waals surface area contributed by atoms with Crippen molar-refractivity contribution in [3.8, 4) is 0 Å². The van der Waals surface area contributed by atoms with Crippen LogP contribution in [0.15, 0.2) is 0 Å². The molecule has 0 aromatic rings. The zero-order chi connectivity index (χ0) is 11.0. The third-order valence-corrected chi connectivity index (χ3v) is 2.03. The molecule has 0 spiro atoms. The molecule has 0 aliphatic carbocycles. The highest BCUT2D eigenvalue weighted by atomic mass is 16.5. The molecule has 4 nitrogen and oxygen atoms in total. The highest BCUT2D eigenvalue weighted by Gasteiger charge is 2.15. The molecule has 0 fully saturated rings. The molecule has 0 unspecified atom stereocenters. The van der Waals surface area contributed by atoms with Crippen molar-refractivity contribution in [3.63, 3.8) is 0 Å². The Morgan fingerprint density at radius 1 is 1.43 bits per heavy atom. The summed E-state index contributed by atoms with van der Waals surface area (Å²) in [4.78, 5) is 10.9. The van der Waals surface area contributed by atoms with Crippen molar-refractivity contribution >= 4 is 5.97 Å². The summed E-state index contributed by atoms with van der Waals surface area (Å²) in [5.74, 6) is -0.206. The highest BCUT2D eigenvalue weighted by molar-refractivity contribution is 5.71. The van der Waals surface area contributed by atoms with Gasteiger partial charge in [0.1, 0.15) is 0 Å². The normalized spacial score (nSPS) is 11.4. The van der Waals surface area contributed by atoms with E-state index in [1.807, 2.05) is 13.8 Å². The van der Waals surface area contributed by atoms with Crippen LogP contribution in [0, 0.1) is 0 Å². The van der Waals surface area contributed by atoms with Gasteiger partial charge in [-0.2, -0.15) is 0 Å². The molecule has 84 valence electrons. The Kier molecular flexibility index (Phi) is 6.49. The minimum absolute atomic E-state index is 0.137. The Hall–Kier alpha value is -0.610. The van der Waals surface area contributed by atoms with Gasteiger partial charge in [-0.1, -0.05) is 0 Å². The Labute approximate surface area is 86.0 Å². The van der Waals surface area contributed by atoms with Gasteiger partial charge in [0.25, 0.3) is 0 Å². The van der Waals surface area contributed by atoms with Crippen molar-refractivity contribution in [3.05, 3.63) is 0 Å². The van der Waals surface area contributed by atoms with Crippen LogP contribution in [0.5, 0.6) is 0 Å². The van der Waals surface area contributed by atoms with Crippen molar-refractivity contribution < 1.29 is 14.3 Å². The highest BCUT2D eigenvalue weighted by Crippen LogP contribution is 2.10. The molecule has 0 radical (unpaired) electrons. The van der Waals surface area contributed by atoms with Crippen molar-refractivity contribution in [1.29, 1.82) is 0 Å². The minimum Gasteiger partial charge on any atom is -0.465 e. The summed E-state index contributed by atoms with van der Waals surface area (Å²) >= 11 is 0. The van der Waals surface area contributed by atoms with Crippen LogP contribution in [-0.2, 0) is 14.3 Å². The maximum Gasteiger partial charge on any atom is 0.319 e. The van der Waals surface area contributed by atoms with Gasteiger partial charge in [-0.3, -0.25) is 4.79 Å². The molecule has 0 bridgehead atoms. The lowest BCUT2D eigenvalue weighted by Gasteiger charge is -2.22. The standard InChI is InChI=1S/C10H21NO3/c1-5-14-9(12)8-11-7-6-10(2,3)13-4/h11H,5-8H2,1-4H3. The van der Waals surface area contributed by atoms with E-state index in [9.17, 15) is 4.79 Å². The second kappa shape index (κ2) is 6.79. The van der Waals surface area contributed by atoms with Gasteiger partial charge in [0.2, 0.25) is 0 Å². The monoisotopic (exact) mass is 203 g/mol. The summed E-state index contributed by atoms with van der Waals surface area (Å²) in [6.45, 7) is 7.28. The van der Waals surface area contributed by atoms with E-state index in [-0.39, 0.29) is 18.1 Å². The van der Waals surface area contributed by atoms with Gasteiger partial charge in [-0.05, 0) is 33.7 Å². The van der Waals surface area contributed by atoms with E-state index in [1.54, 1.807) is 14.0 Å². The number of hydrogen-bond acceptors (Lipinski definition) is 4. The molecule has 0 rings (SSSR count). The van der Waals surface area contributed by atoms with Crippen LogP contribution in [0.2, 0.25) is 0 Å². The molecule has 0 saturated carbocycles. The molecule has 14 heavy (non-hydrogen) atoms. The van der Waals surface area contributed by atoms with Crippen molar-refractivity contribution in [2.24, 2.45) is 0 Å². The van der Waals surface area contributed by atoms with E-state index in [4.69, 9.17) is 9.47 Å². The SMILES string of the molecule is CCOC(=O)CNCCC(C)(C)OC. The molecule has 0 saturated heterocycles. The second-order valence-corrected chi connectivity index (χ2v) is 3.70. The summed E-state index contributed by atoms with van der Waals surface area (Å²) < 4.78 is 10.0. The fourth-order valence-electron chi connectivity index (χ4n) is 0.894. The predicted molar refractivity (Wildman–Crippen MR) is 55.2 cm³/mol. The largest absolute Gasteiger partial charge is 0.465 e. The zero-order valence-corrected chi connectivity index (χ0v) is 9.55. The number of rotatable bonds is 7. The Bertz CT molecular complexity index is 169. The van der Waals surface area contributed by atoms with Gasteiger partial charge < -0.3 is 14.8 Å². The van der Waals surface area contributed by atoms with Crippen LogP contribution in [0.1, 0.15) is 27.2 Å². The second-order valence-electron chi connectivity index (χ2n) is 3.70. The lowest BCUT2D eigenvalue weighted by atomic mass is 10.1. The first kappa shape index (κ1) is 13.4. The molecule has 0 aliphatic heterocycles. The summed E-state index contributed by atoms with van der Waals surface area (Å²) in [6.07, 6.45) is 0.864. The van der Waals surface area contributed by atoms with E-state index < -0.39 is 0 Å². The molecule has 0 aliphatic rings. The van der Waals surface area contributed by atoms with Gasteiger partial charge in [-0.15, -0.1) is 0 Å². The lowest BCUT2D eigenvalue weighted by molar-refractivity contribution is -0.142. The van der Waals surface area contributed by atoms with Gasteiger partial charge in [0, 0.05) is 7.11 Å².